The molecule has 132 valence electrons. The van der Waals surface area contributed by atoms with E-state index in [1.165, 1.54) is 11.1 Å². The Hall–Kier alpha value is -2.14. The summed E-state index contributed by atoms with van der Waals surface area (Å²) >= 11 is 0. The third kappa shape index (κ3) is 3.33. The third-order valence-corrected chi connectivity index (χ3v) is 5.76. The quantitative estimate of drug-likeness (QED) is 0.933. The molecular weight excluding hydrogens is 312 g/mol. The van der Waals surface area contributed by atoms with Gasteiger partial charge in [0.25, 0.3) is 0 Å². The monoisotopic (exact) mass is 338 g/mol. The van der Waals surface area contributed by atoms with Crippen molar-refractivity contribution in [3.8, 4) is 0 Å². The molecule has 1 N–H and O–H groups in total. The normalized spacial score (nSPS) is 24.6. The van der Waals surface area contributed by atoms with Crippen molar-refractivity contribution in [3.05, 3.63) is 53.9 Å². The van der Waals surface area contributed by atoms with Gasteiger partial charge in [-0.3, -0.25) is 9.48 Å². The lowest BCUT2D eigenvalue weighted by atomic mass is 9.86. The Kier molecular flexibility index (Phi) is 4.57. The number of aromatic nitrogens is 2. The largest absolute Gasteiger partial charge is 0.342 e. The smallest absolute Gasteiger partial charge is 0.227 e. The van der Waals surface area contributed by atoms with Crippen LogP contribution in [0.3, 0.4) is 0 Å². The number of rotatable bonds is 3. The summed E-state index contributed by atoms with van der Waals surface area (Å²) < 4.78 is 1.82. The van der Waals surface area contributed by atoms with E-state index in [2.05, 4.69) is 45.6 Å². The van der Waals surface area contributed by atoms with Gasteiger partial charge >= 0.3 is 0 Å². The molecule has 0 bridgehead atoms. The fraction of sp³-hybridized carbons (Fsp3) is 0.500. The van der Waals surface area contributed by atoms with Crippen LogP contribution in [-0.2, 0) is 11.8 Å². The van der Waals surface area contributed by atoms with Crippen molar-refractivity contribution in [2.24, 2.45) is 13.0 Å². The molecule has 2 aromatic rings. The summed E-state index contributed by atoms with van der Waals surface area (Å²) in [6.45, 7) is 3.38. The fourth-order valence-corrected chi connectivity index (χ4v) is 4.31. The summed E-state index contributed by atoms with van der Waals surface area (Å²) in [5.74, 6) is 1.18. The topological polar surface area (TPSA) is 50.2 Å². The molecule has 1 amide bonds. The standard InChI is InChI=1S/C20H26N4O/c1-23-14-17(11-22-23)18-12-21-13-19(18)20(25)24-9-7-16(8-10-24)15-5-3-2-4-6-15/h2-6,11,14,16,18-19,21H,7-10,12-13H2,1H3/t18-,19+/m1/s1. The van der Waals surface area contributed by atoms with Gasteiger partial charge in [-0.1, -0.05) is 30.3 Å². The van der Waals surface area contributed by atoms with Gasteiger partial charge in [-0.05, 0) is 29.9 Å². The number of likely N-dealkylation sites (tertiary alicyclic amines) is 1. The number of nitrogens with zero attached hydrogens (tertiary/aromatic N) is 3. The van der Waals surface area contributed by atoms with Crippen LogP contribution in [0, 0.1) is 5.92 Å². The Morgan fingerprint density at radius 3 is 2.56 bits per heavy atom. The lowest BCUT2D eigenvalue weighted by Gasteiger charge is -2.34. The van der Waals surface area contributed by atoms with Crippen LogP contribution in [0.4, 0.5) is 0 Å². The van der Waals surface area contributed by atoms with Crippen LogP contribution in [0.1, 0.15) is 35.8 Å². The highest BCUT2D eigenvalue weighted by atomic mass is 16.2. The maximum absolute atomic E-state index is 13.1. The number of aryl methyl sites for hydroxylation is 1. The molecule has 5 nitrogen and oxygen atoms in total. The lowest BCUT2D eigenvalue weighted by Crippen LogP contribution is -2.43. The molecular formula is C20H26N4O. The van der Waals surface area contributed by atoms with Crippen molar-refractivity contribution in [2.45, 2.75) is 24.7 Å². The second-order valence-electron chi connectivity index (χ2n) is 7.33. The van der Waals surface area contributed by atoms with E-state index in [0.29, 0.717) is 11.8 Å². The first-order chi connectivity index (χ1) is 12.2. The van der Waals surface area contributed by atoms with Crippen LogP contribution in [0.25, 0.3) is 0 Å². The number of carbonyl (C=O) groups excluding carboxylic acids is 1. The van der Waals surface area contributed by atoms with Gasteiger partial charge in [0.15, 0.2) is 0 Å². The number of piperidine rings is 1. The summed E-state index contributed by atoms with van der Waals surface area (Å²) in [6.07, 6.45) is 6.07. The molecule has 0 spiro atoms. The first-order valence-electron chi connectivity index (χ1n) is 9.25. The molecule has 1 aromatic carbocycles. The number of hydrogen-bond donors (Lipinski definition) is 1. The van der Waals surface area contributed by atoms with Crippen molar-refractivity contribution in [3.63, 3.8) is 0 Å². The zero-order valence-corrected chi connectivity index (χ0v) is 14.8. The van der Waals surface area contributed by atoms with Crippen LogP contribution in [0.5, 0.6) is 0 Å². The summed E-state index contributed by atoms with van der Waals surface area (Å²) in [6, 6.07) is 10.7. The molecule has 2 saturated heterocycles. The zero-order valence-electron chi connectivity index (χ0n) is 14.8. The van der Waals surface area contributed by atoms with E-state index < -0.39 is 0 Å². The minimum Gasteiger partial charge on any atom is -0.342 e. The molecule has 3 heterocycles. The number of hydrogen-bond acceptors (Lipinski definition) is 3. The van der Waals surface area contributed by atoms with Crippen LogP contribution < -0.4 is 5.32 Å². The average molecular weight is 338 g/mol. The minimum absolute atomic E-state index is 0.0393. The number of benzene rings is 1. The molecule has 2 fully saturated rings. The summed E-state index contributed by atoms with van der Waals surface area (Å²) in [5, 5.41) is 7.68. The molecule has 4 rings (SSSR count). The first kappa shape index (κ1) is 16.3. The van der Waals surface area contributed by atoms with Crippen molar-refractivity contribution < 1.29 is 4.79 Å². The van der Waals surface area contributed by atoms with Gasteiger partial charge in [-0.25, -0.2) is 0 Å². The fourth-order valence-electron chi connectivity index (χ4n) is 4.31. The maximum atomic E-state index is 13.1. The van der Waals surface area contributed by atoms with Gasteiger partial charge in [-0.15, -0.1) is 0 Å². The van der Waals surface area contributed by atoms with E-state index in [0.717, 1.165) is 39.0 Å². The van der Waals surface area contributed by atoms with E-state index in [1.807, 2.05) is 24.1 Å². The lowest BCUT2D eigenvalue weighted by molar-refractivity contribution is -0.136. The van der Waals surface area contributed by atoms with Crippen molar-refractivity contribution >= 4 is 5.91 Å². The van der Waals surface area contributed by atoms with E-state index in [1.54, 1.807) is 0 Å². The molecule has 25 heavy (non-hydrogen) atoms. The number of amides is 1. The van der Waals surface area contributed by atoms with Crippen LogP contribution >= 0.6 is 0 Å². The minimum atomic E-state index is 0.0393. The molecule has 0 unspecified atom stereocenters. The van der Waals surface area contributed by atoms with Gasteiger partial charge in [0.05, 0.1) is 12.1 Å². The van der Waals surface area contributed by atoms with E-state index in [-0.39, 0.29) is 11.8 Å². The molecule has 5 heteroatoms. The van der Waals surface area contributed by atoms with Crippen LogP contribution in [0.15, 0.2) is 42.7 Å². The summed E-state index contributed by atoms with van der Waals surface area (Å²) in [7, 11) is 1.93. The van der Waals surface area contributed by atoms with Crippen molar-refractivity contribution in [2.75, 3.05) is 26.2 Å². The van der Waals surface area contributed by atoms with Gasteiger partial charge in [0.2, 0.25) is 5.91 Å². The van der Waals surface area contributed by atoms with Crippen molar-refractivity contribution in [1.29, 1.82) is 0 Å². The second kappa shape index (κ2) is 7.00. The molecule has 2 atom stereocenters. The van der Waals surface area contributed by atoms with Crippen LogP contribution in [-0.4, -0.2) is 46.8 Å². The number of carbonyl (C=O) groups is 1. The van der Waals surface area contributed by atoms with Crippen molar-refractivity contribution in [1.82, 2.24) is 20.0 Å². The SMILES string of the molecule is Cn1cc([C@H]2CNC[C@@H]2C(=O)N2CCC(c3ccccc3)CC2)cn1. The highest BCUT2D eigenvalue weighted by Crippen LogP contribution is 2.32. The highest BCUT2D eigenvalue weighted by molar-refractivity contribution is 5.80. The average Bonchev–Trinajstić information content (AvgIpc) is 3.31. The molecule has 2 aliphatic rings. The van der Waals surface area contributed by atoms with Gasteiger partial charge in [0.1, 0.15) is 0 Å². The Balaban J connectivity index is 1.40. The Bertz CT molecular complexity index is 718. The highest BCUT2D eigenvalue weighted by Gasteiger charge is 2.38. The van der Waals surface area contributed by atoms with Crippen LogP contribution in [0.2, 0.25) is 0 Å². The maximum Gasteiger partial charge on any atom is 0.227 e. The molecule has 0 radical (unpaired) electrons. The molecule has 0 aliphatic carbocycles. The molecule has 0 saturated carbocycles. The Morgan fingerprint density at radius 2 is 1.88 bits per heavy atom. The van der Waals surface area contributed by atoms with E-state index >= 15 is 0 Å². The molecule has 1 aromatic heterocycles. The Morgan fingerprint density at radius 1 is 1.12 bits per heavy atom. The van der Waals surface area contributed by atoms with E-state index in [9.17, 15) is 4.79 Å². The first-order valence-corrected chi connectivity index (χ1v) is 9.25. The van der Waals surface area contributed by atoms with Gasteiger partial charge in [-0.2, -0.15) is 5.10 Å². The predicted octanol–water partition coefficient (Wildman–Crippen LogP) is 2.13. The zero-order chi connectivity index (χ0) is 17.2. The second-order valence-corrected chi connectivity index (χ2v) is 7.33. The molecule has 2 aliphatic heterocycles. The predicted molar refractivity (Wildman–Crippen MR) is 97.3 cm³/mol. The Labute approximate surface area is 149 Å². The number of nitrogens with one attached hydrogen (secondary N) is 1. The van der Waals surface area contributed by atoms with Gasteiger partial charge in [0, 0.05) is 45.3 Å². The van der Waals surface area contributed by atoms with Gasteiger partial charge < -0.3 is 10.2 Å². The third-order valence-electron chi connectivity index (χ3n) is 5.76. The van der Waals surface area contributed by atoms with E-state index in [4.69, 9.17) is 0 Å². The summed E-state index contributed by atoms with van der Waals surface area (Å²) in [5.41, 5.74) is 2.58. The summed E-state index contributed by atoms with van der Waals surface area (Å²) in [4.78, 5) is 15.2.